The number of hydrogen-bond donors (Lipinski definition) is 2. The van der Waals surface area contributed by atoms with Gasteiger partial charge in [0.05, 0.1) is 16.2 Å². The Labute approximate surface area is 154 Å². The molecule has 0 atom stereocenters. The van der Waals surface area contributed by atoms with Crippen LogP contribution in [-0.4, -0.2) is 38.7 Å². The van der Waals surface area contributed by atoms with Crippen LogP contribution >= 0.6 is 11.8 Å². The number of rotatable bonds is 4. The van der Waals surface area contributed by atoms with Crippen molar-refractivity contribution < 1.29 is 19.8 Å². The van der Waals surface area contributed by atoms with Crippen molar-refractivity contribution in [3.8, 4) is 5.75 Å². The predicted molar refractivity (Wildman–Crippen MR) is 102 cm³/mol. The summed E-state index contributed by atoms with van der Waals surface area (Å²) in [5.74, 6) is -1.10. The summed E-state index contributed by atoms with van der Waals surface area (Å²) >= 11 is 1.20. The zero-order valence-electron chi connectivity index (χ0n) is 13.9. The third kappa shape index (κ3) is 3.62. The highest BCUT2D eigenvalue weighted by molar-refractivity contribution is 8.18. The molecule has 0 spiro atoms. The van der Waals surface area contributed by atoms with Gasteiger partial charge >= 0.3 is 5.97 Å². The van der Waals surface area contributed by atoms with Gasteiger partial charge in [-0.1, -0.05) is 24.3 Å². The molecule has 0 aliphatic carbocycles. The predicted octanol–water partition coefficient (Wildman–Crippen LogP) is 3.71. The second-order valence-electron chi connectivity index (χ2n) is 5.47. The average Bonchev–Trinajstić information content (AvgIpc) is 2.92. The van der Waals surface area contributed by atoms with Gasteiger partial charge in [0.2, 0.25) is 0 Å². The van der Waals surface area contributed by atoms with E-state index in [4.69, 9.17) is 0 Å². The molecule has 0 bridgehead atoms. The summed E-state index contributed by atoms with van der Waals surface area (Å²) in [6.45, 7) is 2.26. The lowest BCUT2D eigenvalue weighted by molar-refractivity contribution is -0.122. The van der Waals surface area contributed by atoms with Crippen LogP contribution < -0.4 is 0 Å². The van der Waals surface area contributed by atoms with Crippen molar-refractivity contribution in [2.24, 2.45) is 4.99 Å². The number of phenolic OH excluding ortho intramolecular Hbond substituents is 1. The number of nitrogens with zero attached hydrogens (tertiary/aromatic N) is 2. The van der Waals surface area contributed by atoms with Crippen LogP contribution in [0.3, 0.4) is 0 Å². The number of aromatic hydroxyl groups is 1. The minimum Gasteiger partial charge on any atom is -0.508 e. The molecule has 7 heteroatoms. The Bertz CT molecular complexity index is 919. The van der Waals surface area contributed by atoms with Crippen molar-refractivity contribution >= 4 is 40.6 Å². The first-order valence-corrected chi connectivity index (χ1v) is 8.72. The maximum absolute atomic E-state index is 12.6. The zero-order chi connectivity index (χ0) is 18.7. The van der Waals surface area contributed by atoms with Crippen LogP contribution in [0.2, 0.25) is 0 Å². The molecule has 1 amide bonds. The van der Waals surface area contributed by atoms with Crippen molar-refractivity contribution in [3.05, 3.63) is 64.6 Å². The number of carboxylic acid groups (broad SMARTS) is 1. The maximum atomic E-state index is 12.6. The van der Waals surface area contributed by atoms with Gasteiger partial charge in [0, 0.05) is 6.54 Å². The smallest absolute Gasteiger partial charge is 0.337 e. The second-order valence-corrected chi connectivity index (χ2v) is 6.48. The molecule has 2 aromatic carbocycles. The van der Waals surface area contributed by atoms with E-state index >= 15 is 0 Å². The summed E-state index contributed by atoms with van der Waals surface area (Å²) in [7, 11) is 0. The van der Waals surface area contributed by atoms with Crippen LogP contribution in [-0.2, 0) is 4.79 Å². The minimum absolute atomic E-state index is 0.0834. The van der Waals surface area contributed by atoms with E-state index in [0.717, 1.165) is 5.56 Å². The summed E-state index contributed by atoms with van der Waals surface area (Å²) in [6, 6.07) is 12.9. The molecule has 1 saturated heterocycles. The molecule has 2 N–H and O–H groups in total. The molecule has 1 aliphatic rings. The highest BCUT2D eigenvalue weighted by atomic mass is 32.2. The summed E-state index contributed by atoms with van der Waals surface area (Å²) in [4.78, 5) is 30.4. The largest absolute Gasteiger partial charge is 0.508 e. The van der Waals surface area contributed by atoms with Crippen molar-refractivity contribution in [1.29, 1.82) is 0 Å². The molecular weight excluding hydrogens is 352 g/mol. The number of thioether (sulfide) groups is 1. The van der Waals surface area contributed by atoms with Crippen LogP contribution in [0, 0.1) is 0 Å². The molecule has 0 aromatic heterocycles. The zero-order valence-corrected chi connectivity index (χ0v) is 14.7. The number of amidine groups is 1. The molecule has 2 aromatic rings. The Hall–Kier alpha value is -3.06. The van der Waals surface area contributed by atoms with Gasteiger partial charge < -0.3 is 10.2 Å². The topological polar surface area (TPSA) is 90.2 Å². The lowest BCUT2D eigenvalue weighted by atomic mass is 10.2. The van der Waals surface area contributed by atoms with Crippen LogP contribution in [0.25, 0.3) is 6.08 Å². The van der Waals surface area contributed by atoms with E-state index in [1.807, 2.05) is 6.92 Å². The molecule has 1 heterocycles. The van der Waals surface area contributed by atoms with Crippen LogP contribution in [0.5, 0.6) is 5.75 Å². The SMILES string of the molecule is CCN1C(=O)/C(=C/c2ccc(O)cc2)SC1=Nc1ccccc1C(=O)O. The molecule has 0 radical (unpaired) electrons. The van der Waals surface area contributed by atoms with E-state index in [9.17, 15) is 19.8 Å². The fourth-order valence-electron chi connectivity index (χ4n) is 2.45. The summed E-state index contributed by atoms with van der Waals surface area (Å²) in [5, 5.41) is 19.1. The lowest BCUT2D eigenvalue weighted by Crippen LogP contribution is -2.28. The van der Waals surface area contributed by atoms with Gasteiger partial charge in [-0.25, -0.2) is 9.79 Å². The van der Waals surface area contributed by atoms with Crippen LogP contribution in [0.1, 0.15) is 22.8 Å². The first-order chi connectivity index (χ1) is 12.5. The van der Waals surface area contributed by atoms with E-state index in [2.05, 4.69) is 4.99 Å². The van der Waals surface area contributed by atoms with Crippen molar-refractivity contribution in [1.82, 2.24) is 4.90 Å². The molecule has 3 rings (SSSR count). The molecule has 1 aliphatic heterocycles. The van der Waals surface area contributed by atoms with Gasteiger partial charge in [-0.05, 0) is 54.6 Å². The lowest BCUT2D eigenvalue weighted by Gasteiger charge is -2.12. The van der Waals surface area contributed by atoms with E-state index in [1.165, 1.54) is 22.7 Å². The van der Waals surface area contributed by atoms with E-state index in [1.54, 1.807) is 48.5 Å². The quantitative estimate of drug-likeness (QED) is 0.803. The number of likely N-dealkylation sites (N-methyl/N-ethyl adjacent to an activating group) is 1. The Balaban J connectivity index is 1.97. The number of benzene rings is 2. The fourth-order valence-corrected chi connectivity index (χ4v) is 3.50. The fraction of sp³-hybridized carbons (Fsp3) is 0.105. The Morgan fingerprint density at radius 1 is 1.19 bits per heavy atom. The Kier molecular flexibility index (Phi) is 5.09. The number of carbonyl (C=O) groups is 2. The Morgan fingerprint density at radius 3 is 2.54 bits per heavy atom. The number of carbonyl (C=O) groups excluding carboxylic acids is 1. The highest BCUT2D eigenvalue weighted by Crippen LogP contribution is 2.34. The average molecular weight is 368 g/mol. The molecule has 1 fully saturated rings. The third-order valence-electron chi connectivity index (χ3n) is 3.75. The number of amides is 1. The summed E-state index contributed by atoms with van der Waals surface area (Å²) in [6.07, 6.45) is 1.72. The highest BCUT2D eigenvalue weighted by Gasteiger charge is 2.32. The number of aliphatic imine (C=N–C) groups is 1. The van der Waals surface area contributed by atoms with Gasteiger partial charge in [0.15, 0.2) is 5.17 Å². The van der Waals surface area contributed by atoms with E-state index in [0.29, 0.717) is 22.3 Å². The van der Waals surface area contributed by atoms with Gasteiger partial charge in [0.25, 0.3) is 5.91 Å². The van der Waals surface area contributed by atoms with Gasteiger partial charge in [-0.15, -0.1) is 0 Å². The molecule has 26 heavy (non-hydrogen) atoms. The van der Waals surface area contributed by atoms with Gasteiger partial charge in [-0.2, -0.15) is 0 Å². The molecule has 0 saturated carbocycles. The number of para-hydroxylation sites is 1. The number of phenols is 1. The number of carboxylic acids is 1. The molecule has 132 valence electrons. The van der Waals surface area contributed by atoms with Crippen molar-refractivity contribution in [2.75, 3.05) is 6.54 Å². The summed E-state index contributed by atoms with van der Waals surface area (Å²) < 4.78 is 0. The van der Waals surface area contributed by atoms with E-state index < -0.39 is 5.97 Å². The molecule has 6 nitrogen and oxygen atoms in total. The normalized spacial score (nSPS) is 17.3. The van der Waals surface area contributed by atoms with E-state index in [-0.39, 0.29) is 17.2 Å². The number of aromatic carboxylic acids is 1. The monoisotopic (exact) mass is 368 g/mol. The first-order valence-electron chi connectivity index (χ1n) is 7.91. The number of hydrogen-bond acceptors (Lipinski definition) is 5. The van der Waals surface area contributed by atoms with Crippen LogP contribution in [0.4, 0.5) is 5.69 Å². The van der Waals surface area contributed by atoms with Crippen LogP contribution in [0.15, 0.2) is 58.4 Å². The molecular formula is C19H16N2O4S. The third-order valence-corrected chi connectivity index (χ3v) is 4.75. The minimum atomic E-state index is -1.07. The van der Waals surface area contributed by atoms with Gasteiger partial charge in [-0.3, -0.25) is 9.69 Å². The second kappa shape index (κ2) is 7.45. The summed E-state index contributed by atoms with van der Waals surface area (Å²) in [5.41, 5.74) is 1.17. The standard InChI is InChI=1S/C19H16N2O4S/c1-2-21-17(23)16(11-12-7-9-13(22)10-8-12)26-19(21)20-15-6-4-3-5-14(15)18(24)25/h3-11,22H,2H2,1H3,(H,24,25)/b16-11-,20-19?. The van der Waals surface area contributed by atoms with Crippen molar-refractivity contribution in [3.63, 3.8) is 0 Å². The Morgan fingerprint density at radius 2 is 1.88 bits per heavy atom. The maximum Gasteiger partial charge on any atom is 0.337 e. The first kappa shape index (κ1) is 17.8. The van der Waals surface area contributed by atoms with Crippen molar-refractivity contribution in [2.45, 2.75) is 6.92 Å². The molecule has 0 unspecified atom stereocenters. The van der Waals surface area contributed by atoms with Gasteiger partial charge in [0.1, 0.15) is 5.75 Å².